The second kappa shape index (κ2) is 9.56. The van der Waals surface area contributed by atoms with Crippen LogP contribution >= 0.6 is 11.8 Å². The molecule has 2 amide bonds. The first-order valence-corrected chi connectivity index (χ1v) is 11.6. The Labute approximate surface area is 182 Å². The van der Waals surface area contributed by atoms with Crippen molar-refractivity contribution in [2.45, 2.75) is 43.0 Å². The maximum Gasteiger partial charge on any atom is 0.227 e. The van der Waals surface area contributed by atoms with Gasteiger partial charge in [0.25, 0.3) is 0 Å². The molecule has 2 aromatic carbocycles. The summed E-state index contributed by atoms with van der Waals surface area (Å²) in [5.74, 6) is 1.87. The van der Waals surface area contributed by atoms with Crippen LogP contribution in [0.4, 0.5) is 5.69 Å². The molecule has 4 rings (SSSR count). The van der Waals surface area contributed by atoms with Crippen LogP contribution in [0.15, 0.2) is 53.4 Å². The van der Waals surface area contributed by atoms with Crippen LogP contribution in [-0.2, 0) is 16.0 Å². The molecule has 0 radical (unpaired) electrons. The van der Waals surface area contributed by atoms with Gasteiger partial charge in [-0.2, -0.15) is 0 Å². The van der Waals surface area contributed by atoms with E-state index in [4.69, 9.17) is 4.74 Å². The summed E-state index contributed by atoms with van der Waals surface area (Å²) < 4.78 is 5.32. The zero-order valence-electron chi connectivity index (χ0n) is 17.4. The van der Waals surface area contributed by atoms with Gasteiger partial charge < -0.3 is 14.5 Å². The van der Waals surface area contributed by atoms with Gasteiger partial charge in [-0.25, -0.2) is 0 Å². The Morgan fingerprint density at radius 3 is 2.77 bits per heavy atom. The third-order valence-corrected chi connectivity index (χ3v) is 6.93. The zero-order valence-corrected chi connectivity index (χ0v) is 18.2. The van der Waals surface area contributed by atoms with E-state index in [0.29, 0.717) is 6.54 Å². The highest BCUT2D eigenvalue weighted by molar-refractivity contribution is 7.99. The molecule has 1 fully saturated rings. The quantitative estimate of drug-likeness (QED) is 0.699. The summed E-state index contributed by atoms with van der Waals surface area (Å²) in [6.07, 6.45) is 3.39. The summed E-state index contributed by atoms with van der Waals surface area (Å²) in [6.45, 7) is 1.49. The van der Waals surface area contributed by atoms with Crippen LogP contribution in [0.3, 0.4) is 0 Å². The van der Waals surface area contributed by atoms with E-state index in [1.165, 1.54) is 5.56 Å². The number of hydrogen-bond acceptors (Lipinski definition) is 4. The number of benzene rings is 2. The third-order valence-electron chi connectivity index (χ3n) is 5.89. The maximum absolute atomic E-state index is 12.9. The molecule has 0 aliphatic carbocycles. The molecular formula is C24H28N2O3S. The van der Waals surface area contributed by atoms with Crippen molar-refractivity contribution in [1.29, 1.82) is 0 Å². The lowest BCUT2D eigenvalue weighted by Crippen LogP contribution is -2.39. The molecule has 5 nitrogen and oxygen atoms in total. The minimum atomic E-state index is 0.0413. The van der Waals surface area contributed by atoms with Crippen LogP contribution in [0.1, 0.15) is 31.2 Å². The standard InChI is InChI=1S/C24H28N2O3S/c1-29-20-8-4-6-18(17-20)16-19-7-5-13-25(19)23(27)11-12-24(28)26-14-15-30-22-10-3-2-9-21(22)26/h2-4,6,8-10,17,19H,5,7,11-16H2,1H3. The highest BCUT2D eigenvalue weighted by Gasteiger charge is 2.30. The highest BCUT2D eigenvalue weighted by atomic mass is 32.2. The fourth-order valence-electron chi connectivity index (χ4n) is 4.37. The molecule has 2 heterocycles. The van der Waals surface area contributed by atoms with Crippen molar-refractivity contribution in [2.75, 3.05) is 30.9 Å². The van der Waals surface area contributed by atoms with Gasteiger partial charge in [-0.1, -0.05) is 24.3 Å². The van der Waals surface area contributed by atoms with Crippen LogP contribution < -0.4 is 9.64 Å². The summed E-state index contributed by atoms with van der Waals surface area (Å²) in [5.41, 5.74) is 2.15. The number of rotatable bonds is 6. The number of amides is 2. The molecule has 1 unspecified atom stereocenters. The van der Waals surface area contributed by atoms with Gasteiger partial charge in [0, 0.05) is 42.6 Å². The Morgan fingerprint density at radius 1 is 1.07 bits per heavy atom. The Bertz CT molecular complexity index is 917. The van der Waals surface area contributed by atoms with Crippen molar-refractivity contribution >= 4 is 29.3 Å². The Balaban J connectivity index is 1.35. The number of para-hydroxylation sites is 1. The lowest BCUT2D eigenvalue weighted by Gasteiger charge is -2.29. The largest absolute Gasteiger partial charge is 0.497 e. The van der Waals surface area contributed by atoms with E-state index in [1.54, 1.807) is 18.9 Å². The van der Waals surface area contributed by atoms with Crippen molar-refractivity contribution in [1.82, 2.24) is 4.90 Å². The van der Waals surface area contributed by atoms with Crippen LogP contribution in [0.2, 0.25) is 0 Å². The summed E-state index contributed by atoms with van der Waals surface area (Å²) in [7, 11) is 1.67. The van der Waals surface area contributed by atoms with Crippen molar-refractivity contribution in [3.63, 3.8) is 0 Å². The average Bonchev–Trinajstić information content (AvgIpc) is 3.25. The minimum absolute atomic E-state index is 0.0413. The molecule has 2 aliphatic heterocycles. The number of likely N-dealkylation sites (tertiary alicyclic amines) is 1. The summed E-state index contributed by atoms with van der Waals surface area (Å²) >= 11 is 1.78. The fraction of sp³-hybridized carbons (Fsp3) is 0.417. The number of thioether (sulfide) groups is 1. The first-order valence-electron chi connectivity index (χ1n) is 10.6. The number of nitrogens with zero attached hydrogens (tertiary/aromatic N) is 2. The Hall–Kier alpha value is -2.47. The van der Waals surface area contributed by atoms with Crippen molar-refractivity contribution in [2.24, 2.45) is 0 Å². The van der Waals surface area contributed by atoms with Crippen LogP contribution in [-0.4, -0.2) is 48.7 Å². The average molecular weight is 425 g/mol. The molecule has 2 aliphatic rings. The van der Waals surface area contributed by atoms with Crippen molar-refractivity contribution in [3.05, 3.63) is 54.1 Å². The molecule has 0 N–H and O–H groups in total. The molecular weight excluding hydrogens is 396 g/mol. The fourth-order valence-corrected chi connectivity index (χ4v) is 5.36. The predicted octanol–water partition coefficient (Wildman–Crippen LogP) is 4.15. The van der Waals surface area contributed by atoms with Gasteiger partial charge >= 0.3 is 0 Å². The van der Waals surface area contributed by atoms with E-state index in [2.05, 4.69) is 12.1 Å². The van der Waals surface area contributed by atoms with Gasteiger partial charge in [0.05, 0.1) is 12.8 Å². The van der Waals surface area contributed by atoms with E-state index in [0.717, 1.165) is 47.9 Å². The zero-order chi connectivity index (χ0) is 20.9. The number of ether oxygens (including phenoxy) is 1. The normalized spacial score (nSPS) is 18.2. The van der Waals surface area contributed by atoms with Gasteiger partial charge in [-0.15, -0.1) is 11.8 Å². The van der Waals surface area contributed by atoms with Gasteiger partial charge in [-0.3, -0.25) is 9.59 Å². The lowest BCUT2D eigenvalue weighted by molar-refractivity contribution is -0.133. The van der Waals surface area contributed by atoms with Crippen molar-refractivity contribution < 1.29 is 14.3 Å². The molecule has 0 bridgehead atoms. The first kappa shape index (κ1) is 20.8. The van der Waals surface area contributed by atoms with E-state index >= 15 is 0 Å². The Morgan fingerprint density at radius 2 is 1.90 bits per heavy atom. The predicted molar refractivity (Wildman–Crippen MR) is 120 cm³/mol. The summed E-state index contributed by atoms with van der Waals surface area (Å²) in [5, 5.41) is 0. The number of hydrogen-bond donors (Lipinski definition) is 0. The van der Waals surface area contributed by atoms with E-state index in [1.807, 2.05) is 46.2 Å². The first-order chi connectivity index (χ1) is 14.7. The topological polar surface area (TPSA) is 49.9 Å². The third kappa shape index (κ3) is 4.64. The molecule has 2 aromatic rings. The summed E-state index contributed by atoms with van der Waals surface area (Å²) in [4.78, 5) is 30.7. The smallest absolute Gasteiger partial charge is 0.227 e. The second-order valence-corrected chi connectivity index (χ2v) is 8.94. The number of fused-ring (bicyclic) bond motifs is 1. The van der Waals surface area contributed by atoms with Gasteiger partial charge in [0.1, 0.15) is 5.75 Å². The SMILES string of the molecule is COc1cccc(CC2CCCN2C(=O)CCC(=O)N2CCSc3ccccc32)c1. The molecule has 1 atom stereocenters. The van der Waals surface area contributed by atoms with Crippen LogP contribution in [0.5, 0.6) is 5.75 Å². The lowest BCUT2D eigenvalue weighted by atomic mass is 10.0. The molecule has 1 saturated heterocycles. The van der Waals surface area contributed by atoms with Gasteiger partial charge in [-0.05, 0) is 49.1 Å². The maximum atomic E-state index is 12.9. The molecule has 30 heavy (non-hydrogen) atoms. The Kier molecular flexibility index (Phi) is 6.62. The molecule has 158 valence electrons. The van der Waals surface area contributed by atoms with Crippen molar-refractivity contribution in [3.8, 4) is 5.75 Å². The molecule has 0 spiro atoms. The molecule has 0 saturated carbocycles. The number of methoxy groups -OCH3 is 1. The molecule has 6 heteroatoms. The van der Waals surface area contributed by atoms with E-state index in [9.17, 15) is 9.59 Å². The highest BCUT2D eigenvalue weighted by Crippen LogP contribution is 2.34. The molecule has 0 aromatic heterocycles. The number of carbonyl (C=O) groups is 2. The monoisotopic (exact) mass is 424 g/mol. The number of carbonyl (C=O) groups excluding carboxylic acids is 2. The van der Waals surface area contributed by atoms with Crippen LogP contribution in [0, 0.1) is 0 Å². The van der Waals surface area contributed by atoms with Gasteiger partial charge in [0.2, 0.25) is 11.8 Å². The summed E-state index contributed by atoms with van der Waals surface area (Å²) in [6, 6.07) is 16.3. The van der Waals surface area contributed by atoms with Gasteiger partial charge in [0.15, 0.2) is 0 Å². The minimum Gasteiger partial charge on any atom is -0.497 e. The van der Waals surface area contributed by atoms with E-state index in [-0.39, 0.29) is 30.7 Å². The van der Waals surface area contributed by atoms with E-state index < -0.39 is 0 Å². The number of anilines is 1. The van der Waals surface area contributed by atoms with Crippen LogP contribution in [0.25, 0.3) is 0 Å². The second-order valence-electron chi connectivity index (χ2n) is 7.80.